The van der Waals surface area contributed by atoms with E-state index in [1.54, 1.807) is 0 Å². The third-order valence-electron chi connectivity index (χ3n) is 11.9. The molecule has 0 spiro atoms. The monoisotopic (exact) mass is 760 g/mol. The van der Waals surface area contributed by atoms with Gasteiger partial charge in [-0.05, 0) is 90.3 Å². The number of para-hydroxylation sites is 3. The minimum absolute atomic E-state index is 0.391. The van der Waals surface area contributed by atoms with Gasteiger partial charge in [-0.15, -0.1) is 11.3 Å². The van der Waals surface area contributed by atoms with E-state index >= 15 is 0 Å². The van der Waals surface area contributed by atoms with Crippen LogP contribution in [0.1, 0.15) is 17.9 Å². The molecule has 0 aliphatic heterocycles. The number of fused-ring (bicyclic) bond motifs is 9. The van der Waals surface area contributed by atoms with Gasteiger partial charge in [-0.1, -0.05) is 121 Å². The average molecular weight is 761 g/mol. The predicted octanol–water partition coefficient (Wildman–Crippen LogP) is 15.8. The largest absolute Gasteiger partial charge is 0.456 e. The van der Waals surface area contributed by atoms with Gasteiger partial charge in [0.1, 0.15) is 11.2 Å². The van der Waals surface area contributed by atoms with Crippen molar-refractivity contribution in [3.63, 3.8) is 0 Å². The summed E-state index contributed by atoms with van der Waals surface area (Å²) in [6.45, 7) is 0. The lowest BCUT2D eigenvalue weighted by Crippen LogP contribution is -2.10. The summed E-state index contributed by atoms with van der Waals surface area (Å²) < 4.78 is 11.4. The predicted molar refractivity (Wildman–Crippen MR) is 247 cm³/mol. The smallest absolute Gasteiger partial charge is 0.137 e. The van der Waals surface area contributed by atoms with Gasteiger partial charge in [0.2, 0.25) is 0 Å². The van der Waals surface area contributed by atoms with Gasteiger partial charge < -0.3 is 13.9 Å². The molecule has 3 aromatic heterocycles. The SMILES string of the molecule is C1=CCC(c2ccc(N(c3ccc(-c4cc(-n5c6ccccc6c6ccccc65)cc5c4sc4ccccc45)cc3)c3ccc4c(c3)oc3ccccc34)cc2)C=C1. The van der Waals surface area contributed by atoms with Crippen molar-refractivity contribution >= 4 is 92.3 Å². The molecule has 274 valence electrons. The molecule has 3 nitrogen and oxygen atoms in total. The maximum atomic E-state index is 6.41. The van der Waals surface area contributed by atoms with Crippen molar-refractivity contribution in [2.45, 2.75) is 12.3 Å². The second-order valence-electron chi connectivity index (χ2n) is 15.2. The maximum Gasteiger partial charge on any atom is 0.137 e. The van der Waals surface area contributed by atoms with Crippen LogP contribution in [0.2, 0.25) is 0 Å². The van der Waals surface area contributed by atoms with Gasteiger partial charge in [0.05, 0.1) is 11.0 Å². The van der Waals surface area contributed by atoms with Crippen LogP contribution in [-0.4, -0.2) is 4.57 Å². The topological polar surface area (TPSA) is 21.3 Å². The van der Waals surface area contributed by atoms with Crippen LogP contribution in [0.3, 0.4) is 0 Å². The lowest BCUT2D eigenvalue weighted by atomic mass is 9.92. The van der Waals surface area contributed by atoms with Crippen molar-refractivity contribution in [2.75, 3.05) is 4.90 Å². The van der Waals surface area contributed by atoms with Crippen LogP contribution in [0.4, 0.5) is 17.1 Å². The first-order chi connectivity index (χ1) is 28.7. The molecule has 3 heterocycles. The zero-order valence-corrected chi connectivity index (χ0v) is 32.4. The van der Waals surface area contributed by atoms with Crippen LogP contribution in [0.15, 0.2) is 205 Å². The summed E-state index contributed by atoms with van der Waals surface area (Å²) in [6.07, 6.45) is 9.86. The van der Waals surface area contributed by atoms with E-state index in [0.29, 0.717) is 5.92 Å². The maximum absolute atomic E-state index is 6.41. The molecule has 0 amide bonds. The fourth-order valence-electron chi connectivity index (χ4n) is 9.15. The second-order valence-corrected chi connectivity index (χ2v) is 16.3. The molecule has 0 bridgehead atoms. The molecule has 11 aromatic rings. The highest BCUT2D eigenvalue weighted by Crippen LogP contribution is 2.45. The van der Waals surface area contributed by atoms with Gasteiger partial charge in [-0.2, -0.15) is 0 Å². The molecule has 0 fully saturated rings. The molecule has 1 aliphatic carbocycles. The number of aromatic nitrogens is 1. The van der Waals surface area contributed by atoms with Crippen molar-refractivity contribution in [1.82, 2.24) is 4.57 Å². The summed E-state index contributed by atoms with van der Waals surface area (Å²) in [6, 6.07) is 64.2. The van der Waals surface area contributed by atoms with E-state index in [1.807, 2.05) is 23.5 Å². The molecule has 0 saturated carbocycles. The van der Waals surface area contributed by atoms with Crippen molar-refractivity contribution < 1.29 is 4.42 Å². The first-order valence-corrected chi connectivity index (χ1v) is 20.8. The quantitative estimate of drug-likeness (QED) is 0.168. The van der Waals surface area contributed by atoms with E-state index in [-0.39, 0.29) is 0 Å². The normalized spacial score (nSPS) is 14.2. The molecule has 0 saturated heterocycles. The van der Waals surface area contributed by atoms with Crippen LogP contribution in [0, 0.1) is 0 Å². The first kappa shape index (κ1) is 33.0. The summed E-state index contributed by atoms with van der Waals surface area (Å²) in [5, 5.41) is 7.36. The number of furan rings is 1. The van der Waals surface area contributed by atoms with Gasteiger partial charge in [0, 0.05) is 82.0 Å². The number of rotatable bonds is 6. The van der Waals surface area contributed by atoms with Crippen molar-refractivity contribution in [3.05, 3.63) is 206 Å². The standard InChI is InChI=1S/C54H36N2OS/c1-2-12-35(13-3-1)36-22-26-38(27-23-36)55(40-30-31-45-44-16-6-10-20-51(44)57-52(45)34-40)39-28-24-37(25-29-39)47-32-41(33-48-46-17-7-11-21-53(46)58-54(47)48)56-49-18-8-4-14-42(49)43-15-5-9-19-50(43)56/h1-12,14-35H,13H2. The molecule has 1 aliphatic rings. The number of nitrogens with zero attached hydrogens (tertiary/aromatic N) is 2. The van der Waals surface area contributed by atoms with Gasteiger partial charge in [-0.3, -0.25) is 0 Å². The van der Waals surface area contributed by atoms with E-state index in [1.165, 1.54) is 58.7 Å². The number of anilines is 3. The van der Waals surface area contributed by atoms with Gasteiger partial charge >= 0.3 is 0 Å². The fraction of sp³-hybridized carbons (Fsp3) is 0.0370. The highest BCUT2D eigenvalue weighted by atomic mass is 32.1. The van der Waals surface area contributed by atoms with E-state index < -0.39 is 0 Å². The molecule has 12 rings (SSSR count). The first-order valence-electron chi connectivity index (χ1n) is 19.9. The summed E-state index contributed by atoms with van der Waals surface area (Å²) in [5.41, 5.74) is 12.3. The number of hydrogen-bond acceptors (Lipinski definition) is 3. The minimum Gasteiger partial charge on any atom is -0.456 e. The Morgan fingerprint density at radius 3 is 1.90 bits per heavy atom. The fourth-order valence-corrected chi connectivity index (χ4v) is 10.4. The van der Waals surface area contributed by atoms with Gasteiger partial charge in [0.15, 0.2) is 0 Å². The van der Waals surface area contributed by atoms with Crippen LogP contribution < -0.4 is 4.90 Å². The highest BCUT2D eigenvalue weighted by Gasteiger charge is 2.20. The highest BCUT2D eigenvalue weighted by molar-refractivity contribution is 7.26. The minimum atomic E-state index is 0.391. The van der Waals surface area contributed by atoms with E-state index in [9.17, 15) is 0 Å². The molecule has 58 heavy (non-hydrogen) atoms. The van der Waals surface area contributed by atoms with Crippen molar-refractivity contribution in [1.29, 1.82) is 0 Å². The average Bonchev–Trinajstić information content (AvgIpc) is 3.96. The third kappa shape index (κ3) is 5.26. The third-order valence-corrected chi connectivity index (χ3v) is 13.1. The number of thiophene rings is 1. The summed E-state index contributed by atoms with van der Waals surface area (Å²) >= 11 is 1.88. The summed E-state index contributed by atoms with van der Waals surface area (Å²) in [5.74, 6) is 0.391. The van der Waals surface area contributed by atoms with Crippen molar-refractivity contribution in [3.8, 4) is 16.8 Å². The Hall–Kier alpha value is -7.14. The van der Waals surface area contributed by atoms with E-state index in [4.69, 9.17) is 4.42 Å². The van der Waals surface area contributed by atoms with E-state index in [2.05, 4.69) is 198 Å². The van der Waals surface area contributed by atoms with Gasteiger partial charge in [0.25, 0.3) is 0 Å². The Kier molecular flexibility index (Phi) is 7.54. The van der Waals surface area contributed by atoms with Crippen LogP contribution >= 0.6 is 11.3 Å². The van der Waals surface area contributed by atoms with Crippen LogP contribution in [0.5, 0.6) is 0 Å². The summed E-state index contributed by atoms with van der Waals surface area (Å²) in [7, 11) is 0. The van der Waals surface area contributed by atoms with Crippen molar-refractivity contribution in [2.24, 2.45) is 0 Å². The zero-order chi connectivity index (χ0) is 38.2. The molecular weight excluding hydrogens is 725 g/mol. The van der Waals surface area contributed by atoms with Crippen LogP contribution in [-0.2, 0) is 0 Å². The Labute approximate surface area is 339 Å². The number of allylic oxidation sites excluding steroid dienone is 4. The second kappa shape index (κ2) is 13.2. The molecular formula is C54H36N2OS. The molecule has 0 radical (unpaired) electrons. The lowest BCUT2D eigenvalue weighted by molar-refractivity contribution is 0.669. The lowest BCUT2D eigenvalue weighted by Gasteiger charge is -2.26. The zero-order valence-electron chi connectivity index (χ0n) is 31.5. The summed E-state index contributed by atoms with van der Waals surface area (Å²) in [4.78, 5) is 2.35. The Balaban J connectivity index is 1.02. The molecule has 8 aromatic carbocycles. The molecule has 4 heteroatoms. The van der Waals surface area contributed by atoms with E-state index in [0.717, 1.165) is 51.1 Å². The number of benzene rings is 8. The Morgan fingerprint density at radius 1 is 0.517 bits per heavy atom. The number of hydrogen-bond donors (Lipinski definition) is 0. The Morgan fingerprint density at radius 2 is 1.16 bits per heavy atom. The molecule has 0 N–H and O–H groups in total. The van der Waals surface area contributed by atoms with Crippen LogP contribution in [0.25, 0.3) is 80.7 Å². The molecule has 1 atom stereocenters. The Bertz CT molecular complexity index is 3380. The van der Waals surface area contributed by atoms with Gasteiger partial charge in [-0.25, -0.2) is 0 Å². The molecule has 1 unspecified atom stereocenters.